The maximum Gasteiger partial charge on any atom is 0.229 e. The number of hydrogen-bond donors (Lipinski definition) is 5. The van der Waals surface area contributed by atoms with Gasteiger partial charge in [-0.1, -0.05) is 46.9 Å². The number of anilines is 2. The number of amides is 3. The normalized spacial score (nSPS) is 25.1. The lowest BCUT2D eigenvalue weighted by atomic mass is 9.81. The summed E-state index contributed by atoms with van der Waals surface area (Å²) in [4.78, 5) is 38.1. The van der Waals surface area contributed by atoms with Crippen molar-refractivity contribution in [2.45, 2.75) is 18.9 Å². The van der Waals surface area contributed by atoms with E-state index in [9.17, 15) is 14.4 Å². The predicted octanol–water partition coefficient (Wildman–Crippen LogP) is 2.78. The second-order valence-electron chi connectivity index (χ2n) is 7.24. The van der Waals surface area contributed by atoms with Crippen molar-refractivity contribution in [3.05, 3.63) is 57.5 Å². The highest BCUT2D eigenvalue weighted by molar-refractivity contribution is 6.44. The molecular weight excluding hydrogens is 465 g/mol. The van der Waals surface area contributed by atoms with Gasteiger partial charge in [-0.3, -0.25) is 19.7 Å². The Labute approximate surface area is 193 Å². The second-order valence-corrected chi connectivity index (χ2v) is 8.46. The number of carbonyl (C=O) groups is 3. The number of nitrogens with one attached hydrogen (secondary N) is 5. The Kier molecular flexibility index (Phi) is 6.24. The molecule has 4 atom stereocenters. The fourth-order valence-corrected chi connectivity index (χ4v) is 4.26. The van der Waals surface area contributed by atoms with Gasteiger partial charge >= 0.3 is 0 Å². The van der Waals surface area contributed by atoms with Crippen LogP contribution in [0.5, 0.6) is 0 Å². The molecule has 2 aromatic rings. The third-order valence-corrected chi connectivity index (χ3v) is 6.19. The van der Waals surface area contributed by atoms with Crippen molar-refractivity contribution in [2.75, 3.05) is 10.6 Å². The lowest BCUT2D eigenvalue weighted by Crippen LogP contribution is -2.72. The zero-order valence-electron chi connectivity index (χ0n) is 15.9. The number of hydrogen-bond acceptors (Lipinski definition) is 5. The minimum absolute atomic E-state index is 0.132. The van der Waals surface area contributed by atoms with Crippen LogP contribution in [0.25, 0.3) is 0 Å². The molecule has 31 heavy (non-hydrogen) atoms. The van der Waals surface area contributed by atoms with E-state index in [1.807, 2.05) is 0 Å². The number of fused-ring (bicyclic) bond motifs is 1. The van der Waals surface area contributed by atoms with Gasteiger partial charge in [0.15, 0.2) is 6.29 Å². The number of piperidine rings is 1. The van der Waals surface area contributed by atoms with E-state index in [4.69, 9.17) is 34.8 Å². The van der Waals surface area contributed by atoms with Crippen LogP contribution in [-0.2, 0) is 14.4 Å². The van der Waals surface area contributed by atoms with E-state index in [-0.39, 0.29) is 28.3 Å². The predicted molar refractivity (Wildman–Crippen MR) is 119 cm³/mol. The summed E-state index contributed by atoms with van der Waals surface area (Å²) < 4.78 is 0. The molecule has 2 aliphatic rings. The minimum atomic E-state index is -0.895. The molecule has 0 spiro atoms. The SMILES string of the molecule is O=C1CC(C(=O)Nc2cccc(Cl)c2Cl)C2C(=O)NC(Nc3cccc(Cl)c3)NC2N1. The molecule has 0 radical (unpaired) electrons. The first-order valence-electron chi connectivity index (χ1n) is 9.44. The summed E-state index contributed by atoms with van der Waals surface area (Å²) in [5, 5.41) is 15.4. The highest BCUT2D eigenvalue weighted by atomic mass is 35.5. The topological polar surface area (TPSA) is 111 Å². The average molecular weight is 483 g/mol. The third-order valence-electron chi connectivity index (χ3n) is 5.13. The maximum atomic E-state index is 13.0. The molecule has 0 aliphatic carbocycles. The van der Waals surface area contributed by atoms with Gasteiger partial charge in [0.05, 0.1) is 33.7 Å². The summed E-state index contributed by atoms with van der Waals surface area (Å²) in [5.41, 5.74) is 0.988. The summed E-state index contributed by atoms with van der Waals surface area (Å²) in [7, 11) is 0. The number of benzene rings is 2. The molecule has 0 aromatic heterocycles. The molecule has 2 aromatic carbocycles. The van der Waals surface area contributed by atoms with Gasteiger partial charge in [-0.25, -0.2) is 0 Å². The Bertz CT molecular complexity index is 1050. The van der Waals surface area contributed by atoms with Crippen molar-refractivity contribution in [3.8, 4) is 0 Å². The Hall–Kier alpha value is -2.52. The van der Waals surface area contributed by atoms with E-state index >= 15 is 0 Å². The van der Waals surface area contributed by atoms with E-state index in [2.05, 4.69) is 26.6 Å². The van der Waals surface area contributed by atoms with Crippen LogP contribution in [0, 0.1) is 11.8 Å². The monoisotopic (exact) mass is 481 g/mol. The van der Waals surface area contributed by atoms with Crippen LogP contribution in [0.2, 0.25) is 15.1 Å². The van der Waals surface area contributed by atoms with E-state index in [1.165, 1.54) is 0 Å². The van der Waals surface area contributed by atoms with Crippen molar-refractivity contribution < 1.29 is 14.4 Å². The first-order chi connectivity index (χ1) is 14.8. The fourth-order valence-electron chi connectivity index (χ4n) is 3.72. The first kappa shape index (κ1) is 21.7. The molecule has 4 rings (SSSR count). The van der Waals surface area contributed by atoms with Crippen LogP contribution >= 0.6 is 34.8 Å². The van der Waals surface area contributed by atoms with Crippen molar-refractivity contribution in [1.29, 1.82) is 0 Å². The van der Waals surface area contributed by atoms with Gasteiger partial charge in [-0.05, 0) is 30.3 Å². The molecule has 2 saturated heterocycles. The molecule has 2 aliphatic heterocycles. The Morgan fingerprint density at radius 1 is 1.03 bits per heavy atom. The molecule has 11 heteroatoms. The van der Waals surface area contributed by atoms with Crippen LogP contribution in [0.1, 0.15) is 6.42 Å². The van der Waals surface area contributed by atoms with E-state index in [0.29, 0.717) is 16.4 Å². The van der Waals surface area contributed by atoms with Gasteiger partial charge < -0.3 is 21.3 Å². The average Bonchev–Trinajstić information content (AvgIpc) is 2.70. The Morgan fingerprint density at radius 3 is 2.58 bits per heavy atom. The van der Waals surface area contributed by atoms with Crippen molar-refractivity contribution in [1.82, 2.24) is 16.0 Å². The minimum Gasteiger partial charge on any atom is -0.353 e. The molecule has 3 amide bonds. The van der Waals surface area contributed by atoms with Gasteiger partial charge in [0, 0.05) is 17.1 Å². The van der Waals surface area contributed by atoms with Crippen molar-refractivity contribution in [2.24, 2.45) is 11.8 Å². The molecule has 8 nitrogen and oxygen atoms in total. The number of halogens is 3. The van der Waals surface area contributed by atoms with Crippen LogP contribution < -0.4 is 26.6 Å². The summed E-state index contributed by atoms with van der Waals surface area (Å²) in [6.45, 7) is 0. The molecule has 0 saturated carbocycles. The zero-order chi connectivity index (χ0) is 22.1. The number of carbonyl (C=O) groups excluding carboxylic acids is 3. The summed E-state index contributed by atoms with van der Waals surface area (Å²) in [6.07, 6.45) is -1.54. The maximum absolute atomic E-state index is 13.0. The molecule has 162 valence electrons. The quantitative estimate of drug-likeness (QED) is 0.460. The summed E-state index contributed by atoms with van der Waals surface area (Å²) >= 11 is 18.1. The molecule has 4 unspecified atom stereocenters. The van der Waals surface area contributed by atoms with Gasteiger partial charge in [0.2, 0.25) is 17.7 Å². The first-order valence-corrected chi connectivity index (χ1v) is 10.6. The second kappa shape index (κ2) is 8.92. The largest absolute Gasteiger partial charge is 0.353 e. The fraction of sp³-hybridized carbons (Fsp3) is 0.250. The van der Waals surface area contributed by atoms with Crippen LogP contribution in [0.15, 0.2) is 42.5 Å². The molecule has 2 fully saturated rings. The lowest BCUT2D eigenvalue weighted by Gasteiger charge is -2.43. The van der Waals surface area contributed by atoms with Crippen LogP contribution in [0.3, 0.4) is 0 Å². The molecule has 5 N–H and O–H groups in total. The highest BCUT2D eigenvalue weighted by Gasteiger charge is 2.48. The Morgan fingerprint density at radius 2 is 1.81 bits per heavy atom. The number of rotatable bonds is 4. The van der Waals surface area contributed by atoms with Gasteiger partial charge in [-0.2, -0.15) is 0 Å². The van der Waals surface area contributed by atoms with Gasteiger partial charge in [0.1, 0.15) is 0 Å². The van der Waals surface area contributed by atoms with Gasteiger partial charge in [-0.15, -0.1) is 0 Å². The zero-order valence-corrected chi connectivity index (χ0v) is 18.2. The molecule has 0 bridgehead atoms. The van der Waals surface area contributed by atoms with Crippen LogP contribution in [-0.4, -0.2) is 30.2 Å². The van der Waals surface area contributed by atoms with E-state index in [0.717, 1.165) is 0 Å². The van der Waals surface area contributed by atoms with E-state index < -0.39 is 30.2 Å². The van der Waals surface area contributed by atoms with Crippen molar-refractivity contribution in [3.63, 3.8) is 0 Å². The molecule has 2 heterocycles. The Balaban J connectivity index is 1.50. The molecular formula is C20H18Cl3N5O3. The van der Waals surface area contributed by atoms with Gasteiger partial charge in [0.25, 0.3) is 0 Å². The summed E-state index contributed by atoms with van der Waals surface area (Å²) in [6, 6.07) is 11.8. The lowest BCUT2D eigenvalue weighted by molar-refractivity contribution is -0.144. The van der Waals surface area contributed by atoms with Crippen molar-refractivity contribution >= 4 is 63.9 Å². The van der Waals surface area contributed by atoms with Crippen LogP contribution in [0.4, 0.5) is 11.4 Å². The standard InChI is InChI=1S/C20H18Cl3N5O3/c21-9-3-1-4-10(7-9)24-20-27-17-15(19(31)28-20)11(8-14(29)26-17)18(30)25-13-6-2-5-12(22)16(13)23/h1-7,11,15,17,20,24,27H,8H2,(H,25,30)(H,26,29)(H,28,31). The third kappa shape index (κ3) is 4.72. The summed E-state index contributed by atoms with van der Waals surface area (Å²) in [5.74, 6) is -2.92. The van der Waals surface area contributed by atoms with E-state index in [1.54, 1.807) is 42.5 Å². The highest BCUT2D eigenvalue weighted by Crippen LogP contribution is 2.32. The smallest absolute Gasteiger partial charge is 0.229 e.